The monoisotopic (exact) mass is 349 g/mol. The van der Waals surface area contributed by atoms with Crippen molar-refractivity contribution in [1.82, 2.24) is 0 Å². The van der Waals surface area contributed by atoms with Crippen molar-refractivity contribution in [3.8, 4) is 0 Å². The van der Waals surface area contributed by atoms with Gasteiger partial charge in [0.15, 0.2) is 18.3 Å². The Kier molecular flexibility index (Phi) is 6.97. The normalized spacial score (nSPS) is 12.6. The van der Waals surface area contributed by atoms with Crippen molar-refractivity contribution < 1.29 is 17.0 Å². The van der Waals surface area contributed by atoms with Gasteiger partial charge in [-0.3, -0.25) is 0 Å². The van der Waals surface area contributed by atoms with Crippen LogP contribution in [0.1, 0.15) is 42.6 Å². The van der Waals surface area contributed by atoms with Gasteiger partial charge in [-0.05, 0) is 12.1 Å². The molecule has 2 atom stereocenters. The number of halogens is 1. The molecule has 0 radical (unpaired) electrons. The largest absolute Gasteiger partial charge is 1.00 e. The van der Waals surface area contributed by atoms with Crippen molar-refractivity contribution in [2.24, 2.45) is 0 Å². The lowest BCUT2D eigenvalue weighted by Gasteiger charge is -2.19. The summed E-state index contributed by atoms with van der Waals surface area (Å²) in [5.74, 6) is 0. The highest BCUT2D eigenvalue weighted by atomic mass is 35.5. The lowest BCUT2D eigenvalue weighted by Crippen LogP contribution is -3.00. The van der Waals surface area contributed by atoms with E-state index in [0.717, 1.165) is 0 Å². The van der Waals surface area contributed by atoms with Gasteiger partial charge in [0.05, 0.1) is 0 Å². The first-order valence-electron chi connectivity index (χ1n) is 8.53. The first kappa shape index (κ1) is 19.0. The van der Waals surface area contributed by atoms with E-state index in [4.69, 9.17) is 0 Å². The number of nitrogens with zero attached hydrogens (tertiary/aromatic N) is 1. The predicted molar refractivity (Wildman–Crippen MR) is 102 cm³/mol. The van der Waals surface area contributed by atoms with Crippen molar-refractivity contribution in [2.45, 2.75) is 25.9 Å². The molecule has 25 heavy (non-hydrogen) atoms. The fourth-order valence-corrected chi connectivity index (χ4v) is 3.08. The third-order valence-corrected chi connectivity index (χ3v) is 4.56. The van der Waals surface area contributed by atoms with E-state index in [1.807, 2.05) is 0 Å². The van der Waals surface area contributed by atoms with E-state index in [1.165, 1.54) is 16.7 Å². The molecule has 0 unspecified atom stereocenters. The standard InChI is InChI=1S/C23H24N.ClH/c1-19(22-14-8-4-9-15-22)24(18-21-12-6-3-7-13-21)20(2)23-16-10-5-11-17-23;/h3-20H,1-2H3;1H/q+1;/p-1/t19-,20-;/m1./s1. The third kappa shape index (κ3) is 4.80. The van der Waals surface area contributed by atoms with E-state index in [9.17, 15) is 0 Å². The van der Waals surface area contributed by atoms with Crippen molar-refractivity contribution in [1.29, 1.82) is 0 Å². The molecule has 0 bridgehead atoms. The maximum atomic E-state index is 2.44. The van der Waals surface area contributed by atoms with Crippen LogP contribution in [-0.2, 0) is 0 Å². The Hall–Kier alpha value is -2.38. The Bertz CT molecular complexity index is 735. The molecule has 3 rings (SSSR count). The first-order chi connectivity index (χ1) is 11.8. The van der Waals surface area contributed by atoms with Gasteiger partial charge >= 0.3 is 0 Å². The first-order valence-corrected chi connectivity index (χ1v) is 8.53. The Morgan fingerprint density at radius 2 is 0.960 bits per heavy atom. The van der Waals surface area contributed by atoms with Crippen LogP contribution >= 0.6 is 0 Å². The van der Waals surface area contributed by atoms with Crippen LogP contribution in [0.5, 0.6) is 0 Å². The fraction of sp³-hybridized carbons (Fsp3) is 0.174. The maximum Gasteiger partial charge on any atom is 0.175 e. The summed E-state index contributed by atoms with van der Waals surface area (Å²) in [6.45, 7) is 4.54. The molecule has 2 heteroatoms. The van der Waals surface area contributed by atoms with Crippen LogP contribution in [0.2, 0.25) is 0 Å². The quantitative estimate of drug-likeness (QED) is 0.492. The molecule has 1 nitrogen and oxygen atoms in total. The molecule has 0 heterocycles. The average Bonchev–Trinajstić information content (AvgIpc) is 2.67. The summed E-state index contributed by atoms with van der Waals surface area (Å²) in [5.41, 5.74) is 3.88. The van der Waals surface area contributed by atoms with Gasteiger partial charge in [-0.1, -0.05) is 78.9 Å². The van der Waals surface area contributed by atoms with Gasteiger partial charge in [-0.15, -0.1) is 0 Å². The molecule has 0 aliphatic carbocycles. The number of rotatable bonds is 5. The second kappa shape index (κ2) is 9.19. The summed E-state index contributed by atoms with van der Waals surface area (Å²) in [4.78, 5) is 0. The highest BCUT2D eigenvalue weighted by molar-refractivity contribution is 5.75. The molecule has 3 aromatic rings. The van der Waals surface area contributed by atoms with Crippen molar-refractivity contribution in [3.05, 3.63) is 108 Å². The highest BCUT2D eigenvalue weighted by Crippen LogP contribution is 2.26. The summed E-state index contributed by atoms with van der Waals surface area (Å²) in [6.07, 6.45) is 2.27. The number of hydrogen-bond acceptors (Lipinski definition) is 0. The molecule has 128 valence electrons. The second-order valence-corrected chi connectivity index (χ2v) is 6.16. The molecule has 3 aromatic carbocycles. The van der Waals surface area contributed by atoms with E-state index in [-0.39, 0.29) is 12.4 Å². The summed E-state index contributed by atoms with van der Waals surface area (Å²) < 4.78 is 2.44. The molecule has 0 fully saturated rings. The van der Waals surface area contributed by atoms with E-state index in [2.05, 4.69) is 116 Å². The van der Waals surface area contributed by atoms with Gasteiger partial charge in [0.1, 0.15) is 0 Å². The van der Waals surface area contributed by atoms with Crippen LogP contribution in [0.15, 0.2) is 91.0 Å². The highest BCUT2D eigenvalue weighted by Gasteiger charge is 2.25. The zero-order chi connectivity index (χ0) is 16.8. The SMILES string of the molecule is C[C@H](c1ccccc1)[N+](=Cc1ccccc1)[C@H](C)c1ccccc1.[Cl-]. The molecule has 0 aliphatic heterocycles. The molecular formula is C23H24ClN. The Balaban J connectivity index is 0.00000225. The van der Waals surface area contributed by atoms with E-state index in [0.29, 0.717) is 12.1 Å². The molecule has 0 saturated heterocycles. The average molecular weight is 350 g/mol. The van der Waals surface area contributed by atoms with E-state index >= 15 is 0 Å². The van der Waals surface area contributed by atoms with Crippen LogP contribution < -0.4 is 12.4 Å². The Morgan fingerprint density at radius 1 is 0.600 bits per heavy atom. The van der Waals surface area contributed by atoms with E-state index in [1.54, 1.807) is 0 Å². The minimum Gasteiger partial charge on any atom is -1.00 e. The summed E-state index contributed by atoms with van der Waals surface area (Å²) >= 11 is 0. The van der Waals surface area contributed by atoms with Gasteiger partial charge < -0.3 is 12.4 Å². The maximum absolute atomic E-state index is 2.44. The summed E-state index contributed by atoms with van der Waals surface area (Å²) in [5, 5.41) is 0. The topological polar surface area (TPSA) is 3.01 Å². The van der Waals surface area contributed by atoms with Gasteiger partial charge in [-0.2, -0.15) is 0 Å². The third-order valence-electron chi connectivity index (χ3n) is 4.56. The van der Waals surface area contributed by atoms with Crippen LogP contribution in [0, 0.1) is 0 Å². The van der Waals surface area contributed by atoms with Gasteiger partial charge in [-0.25, -0.2) is 4.58 Å². The second-order valence-electron chi connectivity index (χ2n) is 6.16. The minimum atomic E-state index is 0. The molecular weight excluding hydrogens is 326 g/mol. The van der Waals surface area contributed by atoms with Crippen LogP contribution in [0.25, 0.3) is 0 Å². The van der Waals surface area contributed by atoms with Crippen LogP contribution in [0.4, 0.5) is 0 Å². The summed E-state index contributed by atoms with van der Waals surface area (Å²) in [7, 11) is 0. The molecule has 0 amide bonds. The lowest BCUT2D eigenvalue weighted by atomic mass is 10.0. The molecule has 0 aliphatic rings. The van der Waals surface area contributed by atoms with Crippen molar-refractivity contribution in [3.63, 3.8) is 0 Å². The number of hydrogen-bond donors (Lipinski definition) is 0. The fourth-order valence-electron chi connectivity index (χ4n) is 3.08. The van der Waals surface area contributed by atoms with Gasteiger partial charge in [0.2, 0.25) is 0 Å². The minimum absolute atomic E-state index is 0. The van der Waals surface area contributed by atoms with Crippen molar-refractivity contribution >= 4 is 6.21 Å². The Morgan fingerprint density at radius 3 is 1.36 bits per heavy atom. The van der Waals surface area contributed by atoms with Gasteiger partial charge in [0, 0.05) is 30.5 Å². The molecule has 0 saturated carbocycles. The zero-order valence-electron chi connectivity index (χ0n) is 14.7. The molecule has 0 aromatic heterocycles. The molecule has 0 spiro atoms. The lowest BCUT2D eigenvalue weighted by molar-refractivity contribution is -0.602. The van der Waals surface area contributed by atoms with E-state index < -0.39 is 0 Å². The van der Waals surface area contributed by atoms with Gasteiger partial charge in [0.25, 0.3) is 0 Å². The predicted octanol–water partition coefficient (Wildman–Crippen LogP) is 2.64. The Labute approximate surface area is 157 Å². The molecule has 0 N–H and O–H groups in total. The smallest absolute Gasteiger partial charge is 0.175 e. The zero-order valence-corrected chi connectivity index (χ0v) is 15.5. The van der Waals surface area contributed by atoms with Crippen LogP contribution in [0.3, 0.4) is 0 Å². The van der Waals surface area contributed by atoms with Crippen LogP contribution in [-0.4, -0.2) is 10.8 Å². The number of benzene rings is 3. The summed E-state index contributed by atoms with van der Waals surface area (Å²) in [6, 6.07) is 32.5. The van der Waals surface area contributed by atoms with Crippen molar-refractivity contribution in [2.75, 3.05) is 0 Å².